The molecule has 0 fully saturated rings. The zero-order chi connectivity index (χ0) is 14.0. The molecule has 0 aliphatic carbocycles. The number of carbonyl (C=O) groups is 2. The van der Waals surface area contributed by atoms with E-state index in [1.54, 1.807) is 19.2 Å². The summed E-state index contributed by atoms with van der Waals surface area (Å²) >= 11 is 0. The fourth-order valence-corrected chi connectivity index (χ4v) is 1.75. The Bertz CT molecular complexity index is 627. The van der Waals surface area contributed by atoms with Gasteiger partial charge in [0.2, 0.25) is 5.78 Å². The van der Waals surface area contributed by atoms with E-state index in [9.17, 15) is 9.59 Å². The molecule has 98 valence electrons. The Hall–Kier alpha value is -2.43. The average molecular weight is 258 g/mol. The molecule has 0 spiro atoms. The molecule has 0 unspecified atom stereocenters. The van der Waals surface area contributed by atoms with Crippen LogP contribution in [-0.2, 0) is 11.8 Å². The highest BCUT2D eigenvalue weighted by Crippen LogP contribution is 2.12. The molecule has 1 aromatic carbocycles. The van der Waals surface area contributed by atoms with E-state index in [0.717, 1.165) is 5.56 Å². The first-order valence-corrected chi connectivity index (χ1v) is 5.76. The first-order chi connectivity index (χ1) is 9.04. The predicted molar refractivity (Wildman–Crippen MR) is 69.2 cm³/mol. The van der Waals surface area contributed by atoms with E-state index >= 15 is 0 Å². The quantitative estimate of drug-likeness (QED) is 0.621. The highest BCUT2D eigenvalue weighted by Gasteiger charge is 2.20. The maximum Gasteiger partial charge on any atom is 0.356 e. The number of ether oxygens (including phenoxy) is 1. The fourth-order valence-electron chi connectivity index (χ4n) is 1.75. The Morgan fingerprint density at radius 1 is 1.21 bits per heavy atom. The molecule has 0 atom stereocenters. The van der Waals surface area contributed by atoms with Gasteiger partial charge in [-0.25, -0.2) is 9.78 Å². The van der Waals surface area contributed by atoms with E-state index in [1.165, 1.54) is 17.9 Å². The fraction of sp³-hybridized carbons (Fsp3) is 0.214. The van der Waals surface area contributed by atoms with Gasteiger partial charge in [0.25, 0.3) is 0 Å². The van der Waals surface area contributed by atoms with Crippen LogP contribution < -0.4 is 0 Å². The van der Waals surface area contributed by atoms with Crippen molar-refractivity contribution in [2.45, 2.75) is 6.92 Å². The molecule has 1 aromatic heterocycles. The standard InChI is InChI=1S/C14H14N2O3/c1-9-4-6-10(7-5-9)12(17)13-15-8-11(16(13)2)14(18)19-3/h4-8H,1-3H3. The summed E-state index contributed by atoms with van der Waals surface area (Å²) in [4.78, 5) is 27.7. The SMILES string of the molecule is COC(=O)c1cnc(C(=O)c2ccc(C)cc2)n1C. The van der Waals surface area contributed by atoms with Crippen molar-refractivity contribution in [1.82, 2.24) is 9.55 Å². The van der Waals surface area contributed by atoms with Gasteiger partial charge in [0.05, 0.1) is 13.3 Å². The van der Waals surface area contributed by atoms with E-state index in [-0.39, 0.29) is 17.3 Å². The lowest BCUT2D eigenvalue weighted by Crippen LogP contribution is -2.13. The number of hydrogen-bond donors (Lipinski definition) is 0. The van der Waals surface area contributed by atoms with Crippen molar-refractivity contribution < 1.29 is 14.3 Å². The number of ketones is 1. The first kappa shape index (κ1) is 13.0. The molecule has 0 saturated carbocycles. The van der Waals surface area contributed by atoms with Gasteiger partial charge >= 0.3 is 5.97 Å². The summed E-state index contributed by atoms with van der Waals surface area (Å²) in [5.74, 6) is -0.528. The van der Waals surface area contributed by atoms with Gasteiger partial charge in [0.15, 0.2) is 5.82 Å². The van der Waals surface area contributed by atoms with Crippen molar-refractivity contribution in [3.63, 3.8) is 0 Å². The van der Waals surface area contributed by atoms with Crippen LogP contribution in [0.1, 0.15) is 32.2 Å². The lowest BCUT2D eigenvalue weighted by Gasteiger charge is -2.04. The van der Waals surface area contributed by atoms with Gasteiger partial charge < -0.3 is 9.30 Å². The number of esters is 1. The molecule has 0 saturated heterocycles. The Labute approximate surface area is 110 Å². The number of nitrogens with zero attached hydrogens (tertiary/aromatic N) is 2. The molecule has 1 heterocycles. The summed E-state index contributed by atoms with van der Waals surface area (Å²) < 4.78 is 6.06. The van der Waals surface area contributed by atoms with Crippen LogP contribution in [-0.4, -0.2) is 28.4 Å². The number of aromatic nitrogens is 2. The van der Waals surface area contributed by atoms with Gasteiger partial charge in [0, 0.05) is 12.6 Å². The monoisotopic (exact) mass is 258 g/mol. The summed E-state index contributed by atoms with van der Waals surface area (Å²) in [6.07, 6.45) is 1.34. The minimum Gasteiger partial charge on any atom is -0.464 e. The van der Waals surface area contributed by atoms with Gasteiger partial charge in [-0.2, -0.15) is 0 Å². The second-order valence-corrected chi connectivity index (χ2v) is 4.21. The van der Waals surface area contributed by atoms with Crippen molar-refractivity contribution in [1.29, 1.82) is 0 Å². The van der Waals surface area contributed by atoms with Crippen molar-refractivity contribution in [2.75, 3.05) is 7.11 Å². The summed E-state index contributed by atoms with van der Waals surface area (Å²) in [7, 11) is 2.90. The van der Waals surface area contributed by atoms with Gasteiger partial charge in [-0.3, -0.25) is 4.79 Å². The Morgan fingerprint density at radius 3 is 2.42 bits per heavy atom. The minimum atomic E-state index is -0.516. The molecule has 0 bridgehead atoms. The zero-order valence-electron chi connectivity index (χ0n) is 11.0. The Balaban J connectivity index is 2.37. The van der Waals surface area contributed by atoms with E-state index in [0.29, 0.717) is 5.56 Å². The van der Waals surface area contributed by atoms with Gasteiger partial charge in [-0.1, -0.05) is 29.8 Å². The molecule has 19 heavy (non-hydrogen) atoms. The maximum absolute atomic E-state index is 12.3. The van der Waals surface area contributed by atoms with E-state index in [2.05, 4.69) is 9.72 Å². The van der Waals surface area contributed by atoms with Gasteiger partial charge in [-0.05, 0) is 6.92 Å². The molecule has 2 aromatic rings. The third kappa shape index (κ3) is 2.40. The number of carbonyl (C=O) groups excluding carboxylic acids is 2. The van der Waals surface area contributed by atoms with Crippen molar-refractivity contribution in [2.24, 2.45) is 7.05 Å². The summed E-state index contributed by atoms with van der Waals surface area (Å²) in [5, 5.41) is 0. The Morgan fingerprint density at radius 2 is 1.84 bits per heavy atom. The van der Waals surface area contributed by atoms with Crippen LogP contribution in [0.5, 0.6) is 0 Å². The van der Waals surface area contributed by atoms with Gasteiger partial charge in [-0.15, -0.1) is 0 Å². The van der Waals surface area contributed by atoms with Crippen molar-refractivity contribution in [3.8, 4) is 0 Å². The van der Waals surface area contributed by atoms with Crippen LogP contribution in [0.2, 0.25) is 0 Å². The second kappa shape index (κ2) is 5.06. The summed E-state index contributed by atoms with van der Waals surface area (Å²) in [6.45, 7) is 1.95. The van der Waals surface area contributed by atoms with Crippen LogP contribution in [0.15, 0.2) is 30.5 Å². The maximum atomic E-state index is 12.3. The van der Waals surface area contributed by atoms with Crippen molar-refractivity contribution >= 4 is 11.8 Å². The molecular weight excluding hydrogens is 244 g/mol. The molecule has 5 nitrogen and oxygen atoms in total. The number of rotatable bonds is 3. The average Bonchev–Trinajstić information content (AvgIpc) is 2.80. The molecule has 0 aliphatic rings. The van der Waals surface area contributed by atoms with Crippen molar-refractivity contribution in [3.05, 3.63) is 53.1 Å². The highest BCUT2D eigenvalue weighted by atomic mass is 16.5. The van der Waals surface area contributed by atoms with Gasteiger partial charge in [0.1, 0.15) is 5.69 Å². The number of hydrogen-bond acceptors (Lipinski definition) is 4. The van der Waals surface area contributed by atoms with E-state index < -0.39 is 5.97 Å². The molecule has 2 rings (SSSR count). The zero-order valence-corrected chi connectivity index (χ0v) is 11.0. The normalized spacial score (nSPS) is 10.3. The predicted octanol–water partition coefficient (Wildman–Crippen LogP) is 1.75. The number of benzene rings is 1. The number of aryl methyl sites for hydroxylation is 1. The van der Waals surface area contributed by atoms with Crippen LogP contribution in [0.25, 0.3) is 0 Å². The lowest BCUT2D eigenvalue weighted by atomic mass is 10.1. The van der Waals surface area contributed by atoms with E-state index in [4.69, 9.17) is 0 Å². The molecule has 5 heteroatoms. The topological polar surface area (TPSA) is 61.2 Å². The molecule has 0 radical (unpaired) electrons. The third-order valence-corrected chi connectivity index (χ3v) is 2.90. The van der Waals surface area contributed by atoms with Crippen LogP contribution in [0.3, 0.4) is 0 Å². The number of methoxy groups -OCH3 is 1. The van der Waals surface area contributed by atoms with Crippen LogP contribution in [0, 0.1) is 6.92 Å². The summed E-state index contributed by atoms with van der Waals surface area (Å²) in [5.41, 5.74) is 1.86. The lowest BCUT2D eigenvalue weighted by molar-refractivity contribution is 0.0589. The molecule has 0 N–H and O–H groups in total. The number of imidazole rings is 1. The highest BCUT2D eigenvalue weighted by molar-refractivity contribution is 6.07. The van der Waals surface area contributed by atoms with Crippen LogP contribution in [0.4, 0.5) is 0 Å². The third-order valence-electron chi connectivity index (χ3n) is 2.90. The second-order valence-electron chi connectivity index (χ2n) is 4.21. The molecular formula is C14H14N2O3. The summed E-state index contributed by atoms with van der Waals surface area (Å²) in [6, 6.07) is 7.20. The molecule has 0 aliphatic heterocycles. The molecule has 0 amide bonds. The Kier molecular flexibility index (Phi) is 3.46. The van der Waals surface area contributed by atoms with E-state index in [1.807, 2.05) is 19.1 Å². The largest absolute Gasteiger partial charge is 0.464 e. The van der Waals surface area contributed by atoms with Crippen LogP contribution >= 0.6 is 0 Å². The smallest absolute Gasteiger partial charge is 0.356 e. The minimum absolute atomic E-state index is 0.212. The first-order valence-electron chi connectivity index (χ1n) is 5.76.